The van der Waals surface area contributed by atoms with Gasteiger partial charge >= 0.3 is 0 Å². The predicted molar refractivity (Wildman–Crippen MR) is 149 cm³/mol. The lowest BCUT2D eigenvalue weighted by atomic mass is 9.86. The van der Waals surface area contributed by atoms with Crippen LogP contribution in [0.3, 0.4) is 0 Å². The van der Waals surface area contributed by atoms with E-state index in [9.17, 15) is 17.2 Å². The van der Waals surface area contributed by atoms with E-state index < -0.39 is 15.8 Å². The number of sulfonamides is 1. The van der Waals surface area contributed by atoms with Crippen molar-refractivity contribution in [2.24, 2.45) is 11.7 Å². The summed E-state index contributed by atoms with van der Waals surface area (Å²) in [7, 11) is -2.29. The molecule has 0 aliphatic carbocycles. The van der Waals surface area contributed by atoms with Crippen molar-refractivity contribution in [3.05, 3.63) is 96.2 Å². The van der Waals surface area contributed by atoms with Crippen molar-refractivity contribution in [3.8, 4) is 17.0 Å². The number of rotatable bonds is 8. The monoisotopic (exact) mass is 565 g/mol. The van der Waals surface area contributed by atoms with Crippen LogP contribution in [-0.4, -0.2) is 42.9 Å². The highest BCUT2D eigenvalue weighted by Gasteiger charge is 2.32. The van der Waals surface area contributed by atoms with E-state index in [4.69, 9.17) is 10.5 Å². The fourth-order valence-corrected chi connectivity index (χ4v) is 6.30. The molecule has 2 heterocycles. The van der Waals surface area contributed by atoms with Crippen molar-refractivity contribution in [3.63, 3.8) is 0 Å². The van der Waals surface area contributed by atoms with Gasteiger partial charge in [0.25, 0.3) is 0 Å². The van der Waals surface area contributed by atoms with Crippen LogP contribution in [0.5, 0.6) is 5.75 Å². The third-order valence-corrected chi connectivity index (χ3v) is 9.03. The van der Waals surface area contributed by atoms with Crippen molar-refractivity contribution in [1.82, 2.24) is 14.3 Å². The van der Waals surface area contributed by atoms with Crippen LogP contribution >= 0.6 is 0 Å². The van der Waals surface area contributed by atoms with Crippen molar-refractivity contribution in [2.75, 3.05) is 25.5 Å². The lowest BCUT2D eigenvalue weighted by Crippen LogP contribution is -2.40. The second-order valence-electron chi connectivity index (χ2n) is 9.58. The molecule has 5 rings (SSSR count). The number of piperidine rings is 1. The van der Waals surface area contributed by atoms with Gasteiger partial charge in [-0.05, 0) is 85.0 Å². The first-order valence-corrected chi connectivity index (χ1v) is 14.2. The number of ether oxygens (including phenoxy) is 1. The molecule has 1 fully saturated rings. The fraction of sp³-hybridized carbons (Fsp3) is 0.241. The normalized spacial score (nSPS) is 15.5. The topological polar surface area (TPSA) is 110 Å². The van der Waals surface area contributed by atoms with Crippen molar-refractivity contribution < 1.29 is 21.9 Å². The Kier molecular flexibility index (Phi) is 8.06. The summed E-state index contributed by atoms with van der Waals surface area (Å²) in [4.78, 5) is 8.84. The number of anilines is 2. The Morgan fingerprint density at radius 3 is 2.35 bits per heavy atom. The van der Waals surface area contributed by atoms with Crippen LogP contribution in [-0.2, 0) is 10.0 Å². The molecule has 8 nitrogen and oxygen atoms in total. The molecule has 1 atom stereocenters. The molecule has 3 N–H and O–H groups in total. The lowest BCUT2D eigenvalue weighted by molar-refractivity contribution is 0.245. The zero-order valence-corrected chi connectivity index (χ0v) is 22.6. The van der Waals surface area contributed by atoms with Crippen molar-refractivity contribution in [2.45, 2.75) is 23.8 Å². The third kappa shape index (κ3) is 5.96. The Balaban J connectivity index is 1.22. The van der Waals surface area contributed by atoms with Crippen LogP contribution in [0.15, 0.2) is 83.9 Å². The van der Waals surface area contributed by atoms with E-state index in [2.05, 4.69) is 15.3 Å². The second kappa shape index (κ2) is 11.7. The van der Waals surface area contributed by atoms with E-state index in [0.29, 0.717) is 42.9 Å². The molecule has 208 valence electrons. The van der Waals surface area contributed by atoms with Gasteiger partial charge < -0.3 is 15.8 Å². The molecule has 0 unspecified atom stereocenters. The summed E-state index contributed by atoms with van der Waals surface area (Å²) in [5.74, 6) is -0.282. The second-order valence-corrected chi connectivity index (χ2v) is 11.5. The van der Waals surface area contributed by atoms with Crippen molar-refractivity contribution in [1.29, 1.82) is 0 Å². The summed E-state index contributed by atoms with van der Waals surface area (Å²) in [6.07, 6.45) is 2.78. The minimum atomic E-state index is -3.69. The number of nitrogens with one attached hydrogen (secondary N) is 1. The molecule has 1 saturated heterocycles. The highest BCUT2D eigenvalue weighted by atomic mass is 32.2. The molecule has 40 heavy (non-hydrogen) atoms. The lowest BCUT2D eigenvalue weighted by Gasteiger charge is -2.34. The first-order chi connectivity index (χ1) is 19.2. The zero-order chi connectivity index (χ0) is 28.3. The summed E-state index contributed by atoms with van der Waals surface area (Å²) in [5, 5.41) is 3.06. The first kappa shape index (κ1) is 27.6. The maximum atomic E-state index is 14.1. The number of hydrogen-bond acceptors (Lipinski definition) is 7. The molecule has 3 aromatic carbocycles. The number of hydrogen-bond donors (Lipinski definition) is 2. The molecular weight excluding hydrogens is 536 g/mol. The van der Waals surface area contributed by atoms with Gasteiger partial charge in [0.2, 0.25) is 16.0 Å². The maximum absolute atomic E-state index is 14.1. The van der Waals surface area contributed by atoms with Crippen LogP contribution in [0.1, 0.15) is 24.4 Å². The molecule has 0 saturated carbocycles. The average Bonchev–Trinajstić information content (AvgIpc) is 2.97. The molecule has 1 aromatic heterocycles. The summed E-state index contributed by atoms with van der Waals surface area (Å²) in [6, 6.07) is 18.5. The SMILES string of the molecule is COc1ccc(-c2ccnc(Nc3ccc(S(=O)(=O)N4CCC([C@@H](N)c5ccc(F)cc5)CC4)cc3)n2)cc1F. The summed E-state index contributed by atoms with van der Waals surface area (Å²) >= 11 is 0. The van der Waals surface area contributed by atoms with Crippen LogP contribution in [0, 0.1) is 17.6 Å². The summed E-state index contributed by atoms with van der Waals surface area (Å²) in [6.45, 7) is 0.711. The van der Waals surface area contributed by atoms with E-state index in [1.807, 2.05) is 0 Å². The average molecular weight is 566 g/mol. The van der Waals surface area contributed by atoms with Gasteiger partial charge in [-0.15, -0.1) is 0 Å². The molecule has 0 radical (unpaired) electrons. The third-order valence-electron chi connectivity index (χ3n) is 7.11. The van der Waals surface area contributed by atoms with Gasteiger partial charge in [0, 0.05) is 36.6 Å². The number of nitrogens with two attached hydrogens (primary N) is 1. The summed E-state index contributed by atoms with van der Waals surface area (Å²) in [5.41, 5.74) is 8.92. The van der Waals surface area contributed by atoms with E-state index in [1.165, 1.54) is 47.8 Å². The van der Waals surface area contributed by atoms with Gasteiger partial charge in [-0.3, -0.25) is 0 Å². The number of aromatic nitrogens is 2. The van der Waals surface area contributed by atoms with Gasteiger partial charge in [0.15, 0.2) is 11.6 Å². The van der Waals surface area contributed by atoms with E-state index in [-0.39, 0.29) is 34.4 Å². The van der Waals surface area contributed by atoms with E-state index in [1.54, 1.807) is 42.6 Å². The fourth-order valence-electron chi connectivity index (χ4n) is 4.83. The van der Waals surface area contributed by atoms with Crippen LogP contribution in [0.4, 0.5) is 20.4 Å². The number of benzene rings is 3. The Morgan fingerprint density at radius 2 is 1.70 bits per heavy atom. The molecule has 1 aliphatic heterocycles. The molecule has 0 spiro atoms. The highest BCUT2D eigenvalue weighted by Crippen LogP contribution is 2.32. The molecular formula is C29H29F2N5O3S. The maximum Gasteiger partial charge on any atom is 0.243 e. The standard InChI is InChI=1S/C29H29F2N5O3S/c1-39-27-11-4-21(18-25(27)31)26-12-15-33-29(35-26)34-23-7-9-24(10-8-23)40(37,38)36-16-13-20(14-17-36)28(32)19-2-5-22(30)6-3-19/h2-12,15,18,20,28H,13-14,16-17,32H2,1H3,(H,33,34,35)/t28-/m0/s1. The Morgan fingerprint density at radius 1 is 1.00 bits per heavy atom. The minimum Gasteiger partial charge on any atom is -0.494 e. The van der Waals surface area contributed by atoms with Crippen LogP contribution in [0.2, 0.25) is 0 Å². The molecule has 1 aliphatic rings. The highest BCUT2D eigenvalue weighted by molar-refractivity contribution is 7.89. The van der Waals surface area contributed by atoms with Gasteiger partial charge in [-0.25, -0.2) is 27.2 Å². The Bertz CT molecular complexity index is 1580. The quantitative estimate of drug-likeness (QED) is 0.299. The minimum absolute atomic E-state index is 0.105. The van der Waals surface area contributed by atoms with Crippen LogP contribution in [0.25, 0.3) is 11.3 Å². The van der Waals surface area contributed by atoms with Gasteiger partial charge in [0.1, 0.15) is 5.82 Å². The number of nitrogens with zero attached hydrogens (tertiary/aromatic N) is 3. The van der Waals surface area contributed by atoms with E-state index >= 15 is 0 Å². The van der Waals surface area contributed by atoms with Gasteiger partial charge in [-0.1, -0.05) is 12.1 Å². The smallest absolute Gasteiger partial charge is 0.243 e. The Hall–Kier alpha value is -3.93. The molecule has 4 aromatic rings. The zero-order valence-electron chi connectivity index (χ0n) is 21.8. The molecule has 0 bridgehead atoms. The molecule has 0 amide bonds. The van der Waals surface area contributed by atoms with Gasteiger partial charge in [-0.2, -0.15) is 4.31 Å². The predicted octanol–water partition coefficient (Wildman–Crippen LogP) is 5.27. The number of halogens is 2. The summed E-state index contributed by atoms with van der Waals surface area (Å²) < 4.78 is 60.4. The van der Waals surface area contributed by atoms with Crippen molar-refractivity contribution >= 4 is 21.7 Å². The largest absolute Gasteiger partial charge is 0.494 e. The Labute approximate surface area is 231 Å². The van der Waals surface area contributed by atoms with E-state index in [0.717, 1.165) is 5.56 Å². The first-order valence-electron chi connectivity index (χ1n) is 12.8. The molecule has 11 heteroatoms. The van der Waals surface area contributed by atoms with Crippen LogP contribution < -0.4 is 15.8 Å². The van der Waals surface area contributed by atoms with Gasteiger partial charge in [0.05, 0.1) is 17.7 Å². The number of methoxy groups -OCH3 is 1.